The van der Waals surface area contributed by atoms with Crippen molar-refractivity contribution in [2.45, 2.75) is 38.8 Å². The molecule has 0 spiro atoms. The summed E-state index contributed by atoms with van der Waals surface area (Å²) in [5.41, 5.74) is 8.73. The highest BCUT2D eigenvalue weighted by Gasteiger charge is 2.21. The van der Waals surface area contributed by atoms with Crippen molar-refractivity contribution in [1.29, 1.82) is 0 Å². The number of thioether (sulfide) groups is 1. The Kier molecular flexibility index (Phi) is 5.43. The SMILES string of the molecule is CCC(N)Cc1ccc(Cl)cc1N1CCSCC1C. The van der Waals surface area contributed by atoms with Crippen LogP contribution in [0.25, 0.3) is 0 Å². The van der Waals surface area contributed by atoms with E-state index in [1.165, 1.54) is 22.8 Å². The maximum absolute atomic E-state index is 6.19. The number of benzene rings is 1. The first kappa shape index (κ1) is 15.0. The molecule has 0 radical (unpaired) electrons. The minimum atomic E-state index is 0.231. The average molecular weight is 299 g/mol. The summed E-state index contributed by atoms with van der Waals surface area (Å²) in [5, 5.41) is 0.814. The van der Waals surface area contributed by atoms with Crippen LogP contribution < -0.4 is 10.6 Å². The molecular weight excluding hydrogens is 276 g/mol. The van der Waals surface area contributed by atoms with Gasteiger partial charge >= 0.3 is 0 Å². The molecule has 2 unspecified atom stereocenters. The van der Waals surface area contributed by atoms with Crippen molar-refractivity contribution < 1.29 is 0 Å². The predicted molar refractivity (Wildman–Crippen MR) is 87.6 cm³/mol. The van der Waals surface area contributed by atoms with Crippen molar-refractivity contribution >= 4 is 29.1 Å². The van der Waals surface area contributed by atoms with Crippen LogP contribution in [0.5, 0.6) is 0 Å². The van der Waals surface area contributed by atoms with Crippen LogP contribution in [0.2, 0.25) is 5.02 Å². The van der Waals surface area contributed by atoms with Gasteiger partial charge in [0.05, 0.1) is 0 Å². The first-order valence-corrected chi connectivity index (χ1v) is 8.53. The minimum absolute atomic E-state index is 0.231. The van der Waals surface area contributed by atoms with Crippen LogP contribution >= 0.6 is 23.4 Å². The number of nitrogens with two attached hydrogens (primary N) is 1. The summed E-state index contributed by atoms with van der Waals surface area (Å²) in [6.45, 7) is 5.53. The largest absolute Gasteiger partial charge is 0.367 e. The molecule has 106 valence electrons. The van der Waals surface area contributed by atoms with Gasteiger partial charge in [-0.2, -0.15) is 11.8 Å². The molecule has 2 atom stereocenters. The van der Waals surface area contributed by atoms with Crippen molar-refractivity contribution in [2.75, 3.05) is 23.0 Å². The molecule has 4 heteroatoms. The highest BCUT2D eigenvalue weighted by atomic mass is 35.5. The van der Waals surface area contributed by atoms with Crippen molar-refractivity contribution in [1.82, 2.24) is 0 Å². The van der Waals surface area contributed by atoms with Crippen LogP contribution in [0.4, 0.5) is 5.69 Å². The number of hydrogen-bond donors (Lipinski definition) is 1. The van der Waals surface area contributed by atoms with Gasteiger partial charge in [0.2, 0.25) is 0 Å². The van der Waals surface area contributed by atoms with Crippen molar-refractivity contribution in [3.63, 3.8) is 0 Å². The fourth-order valence-electron chi connectivity index (χ4n) is 2.49. The van der Waals surface area contributed by atoms with Crippen molar-refractivity contribution in [3.8, 4) is 0 Å². The molecule has 0 aliphatic carbocycles. The van der Waals surface area contributed by atoms with Gasteiger partial charge in [-0.3, -0.25) is 0 Å². The van der Waals surface area contributed by atoms with E-state index in [1.807, 2.05) is 17.8 Å². The molecule has 0 amide bonds. The van der Waals surface area contributed by atoms with E-state index in [0.717, 1.165) is 24.4 Å². The van der Waals surface area contributed by atoms with Gasteiger partial charge in [-0.15, -0.1) is 0 Å². The zero-order valence-electron chi connectivity index (χ0n) is 11.7. The Labute approximate surface area is 125 Å². The third-order valence-corrected chi connectivity index (χ3v) is 5.16. The van der Waals surface area contributed by atoms with Gasteiger partial charge in [0.15, 0.2) is 0 Å². The zero-order chi connectivity index (χ0) is 13.8. The van der Waals surface area contributed by atoms with E-state index < -0.39 is 0 Å². The van der Waals surface area contributed by atoms with Crippen LogP contribution in [-0.4, -0.2) is 30.1 Å². The second-order valence-electron chi connectivity index (χ2n) is 5.26. The van der Waals surface area contributed by atoms with E-state index >= 15 is 0 Å². The Morgan fingerprint density at radius 3 is 3.00 bits per heavy atom. The van der Waals surface area contributed by atoms with E-state index in [9.17, 15) is 0 Å². The molecule has 0 bridgehead atoms. The summed E-state index contributed by atoms with van der Waals surface area (Å²) in [7, 11) is 0. The Bertz CT molecular complexity index is 425. The molecular formula is C15H23ClN2S. The summed E-state index contributed by atoms with van der Waals surface area (Å²) < 4.78 is 0. The van der Waals surface area contributed by atoms with E-state index in [4.69, 9.17) is 17.3 Å². The fourth-order valence-corrected chi connectivity index (χ4v) is 3.67. The zero-order valence-corrected chi connectivity index (χ0v) is 13.3. The molecule has 2 rings (SSSR count). The Balaban J connectivity index is 2.28. The average Bonchev–Trinajstić information content (AvgIpc) is 2.41. The van der Waals surface area contributed by atoms with Gasteiger partial charge in [0.1, 0.15) is 0 Å². The number of hydrogen-bond acceptors (Lipinski definition) is 3. The predicted octanol–water partition coefficient (Wildman–Crippen LogP) is 3.56. The molecule has 0 aromatic heterocycles. The molecule has 2 nitrogen and oxygen atoms in total. The third kappa shape index (κ3) is 3.80. The topological polar surface area (TPSA) is 29.3 Å². The van der Waals surface area contributed by atoms with E-state index in [-0.39, 0.29) is 6.04 Å². The Morgan fingerprint density at radius 2 is 2.32 bits per heavy atom. The summed E-state index contributed by atoms with van der Waals surface area (Å²) in [6.07, 6.45) is 1.94. The molecule has 0 saturated carbocycles. The Hall–Kier alpha value is -0.380. The van der Waals surface area contributed by atoms with Gasteiger partial charge in [-0.25, -0.2) is 0 Å². The molecule has 1 fully saturated rings. The number of anilines is 1. The van der Waals surface area contributed by atoms with Crippen LogP contribution in [0.3, 0.4) is 0 Å². The first-order valence-electron chi connectivity index (χ1n) is 7.00. The van der Waals surface area contributed by atoms with Crippen LogP contribution in [0.1, 0.15) is 25.8 Å². The van der Waals surface area contributed by atoms with Gasteiger partial charge in [-0.1, -0.05) is 24.6 Å². The Morgan fingerprint density at radius 1 is 1.53 bits per heavy atom. The molecule has 19 heavy (non-hydrogen) atoms. The van der Waals surface area contributed by atoms with E-state index in [2.05, 4.69) is 30.9 Å². The third-order valence-electron chi connectivity index (χ3n) is 3.73. The standard InChI is InChI=1S/C15H23ClN2S/c1-3-14(17)8-12-4-5-13(16)9-15(12)18-6-7-19-10-11(18)2/h4-5,9,11,14H,3,6-8,10,17H2,1-2H3. The monoisotopic (exact) mass is 298 g/mol. The highest BCUT2D eigenvalue weighted by molar-refractivity contribution is 7.99. The molecule has 1 heterocycles. The molecule has 1 aromatic carbocycles. The molecule has 2 N–H and O–H groups in total. The first-order chi connectivity index (χ1) is 9.11. The maximum Gasteiger partial charge on any atom is 0.0426 e. The molecule has 1 aliphatic rings. The van der Waals surface area contributed by atoms with Crippen LogP contribution in [0, 0.1) is 0 Å². The fraction of sp³-hybridized carbons (Fsp3) is 0.600. The lowest BCUT2D eigenvalue weighted by atomic mass is 10.0. The summed E-state index contributed by atoms with van der Waals surface area (Å²) >= 11 is 8.22. The summed E-state index contributed by atoms with van der Waals surface area (Å²) in [4.78, 5) is 2.49. The maximum atomic E-state index is 6.19. The van der Waals surface area contributed by atoms with Gasteiger partial charge in [0.25, 0.3) is 0 Å². The van der Waals surface area contributed by atoms with E-state index in [1.54, 1.807) is 0 Å². The lowest BCUT2D eigenvalue weighted by molar-refractivity contribution is 0.638. The number of nitrogens with zero attached hydrogens (tertiary/aromatic N) is 1. The minimum Gasteiger partial charge on any atom is -0.367 e. The highest BCUT2D eigenvalue weighted by Crippen LogP contribution is 2.30. The second-order valence-corrected chi connectivity index (χ2v) is 6.85. The van der Waals surface area contributed by atoms with Gasteiger partial charge < -0.3 is 10.6 Å². The number of halogens is 1. The van der Waals surface area contributed by atoms with E-state index in [0.29, 0.717) is 6.04 Å². The van der Waals surface area contributed by atoms with Crippen molar-refractivity contribution in [3.05, 3.63) is 28.8 Å². The van der Waals surface area contributed by atoms with Crippen LogP contribution in [0.15, 0.2) is 18.2 Å². The second kappa shape index (κ2) is 6.87. The normalized spacial score (nSPS) is 21.5. The lowest BCUT2D eigenvalue weighted by Crippen LogP contribution is -2.41. The lowest BCUT2D eigenvalue weighted by Gasteiger charge is -2.36. The van der Waals surface area contributed by atoms with Crippen molar-refractivity contribution in [2.24, 2.45) is 5.73 Å². The molecule has 1 aromatic rings. The summed E-state index contributed by atoms with van der Waals surface area (Å²) in [5.74, 6) is 2.38. The quantitative estimate of drug-likeness (QED) is 0.921. The van der Waals surface area contributed by atoms with Crippen LogP contribution in [-0.2, 0) is 6.42 Å². The van der Waals surface area contributed by atoms with Gasteiger partial charge in [0, 0.05) is 40.8 Å². The molecule has 1 saturated heterocycles. The van der Waals surface area contributed by atoms with Gasteiger partial charge in [-0.05, 0) is 37.5 Å². The number of rotatable bonds is 4. The molecule has 1 aliphatic heterocycles. The smallest absolute Gasteiger partial charge is 0.0426 e. The summed E-state index contributed by atoms with van der Waals surface area (Å²) in [6, 6.07) is 7.02.